The summed E-state index contributed by atoms with van der Waals surface area (Å²) in [5, 5.41) is 3.57. The van der Waals surface area contributed by atoms with Gasteiger partial charge >= 0.3 is 0 Å². The van der Waals surface area contributed by atoms with E-state index in [1.165, 1.54) is 13.0 Å². The van der Waals surface area contributed by atoms with Crippen LogP contribution in [0.25, 0.3) is 0 Å². The number of nitrogens with zero attached hydrogens (tertiary/aromatic N) is 1. The molecule has 1 aliphatic rings. The van der Waals surface area contributed by atoms with Crippen molar-refractivity contribution in [2.24, 2.45) is 5.92 Å². The van der Waals surface area contributed by atoms with Crippen LogP contribution in [0.15, 0.2) is 0 Å². The average Bonchev–Trinajstić information content (AvgIpc) is 2.16. The van der Waals surface area contributed by atoms with Crippen molar-refractivity contribution in [1.82, 2.24) is 10.2 Å². The monoisotopic (exact) mass is 256 g/mol. The normalized spacial score (nSPS) is 20.2. The van der Waals surface area contributed by atoms with E-state index in [9.17, 15) is 0 Å². The number of rotatable bonds is 7. The molecule has 0 spiro atoms. The number of nitrogens with one attached hydrogen (secondary N) is 1. The summed E-state index contributed by atoms with van der Waals surface area (Å²) in [6, 6.07) is 0. The van der Waals surface area contributed by atoms with E-state index in [0.717, 1.165) is 25.6 Å². The summed E-state index contributed by atoms with van der Waals surface area (Å²) in [6.07, 6.45) is 2.12. The maximum absolute atomic E-state index is 5.76. The average molecular weight is 256 g/mol. The Bertz CT molecular complexity index is 229. The summed E-state index contributed by atoms with van der Waals surface area (Å²) in [4.78, 5) is 2.50. The Morgan fingerprint density at radius 2 is 1.83 bits per heavy atom. The van der Waals surface area contributed by atoms with E-state index in [-0.39, 0.29) is 5.54 Å². The highest BCUT2D eigenvalue weighted by atomic mass is 16.5. The minimum Gasteiger partial charge on any atom is -0.373 e. The predicted octanol–water partition coefficient (Wildman–Crippen LogP) is 2.51. The minimum atomic E-state index is 0.237. The Kier molecular flexibility index (Phi) is 6.09. The Morgan fingerprint density at radius 1 is 1.22 bits per heavy atom. The summed E-state index contributed by atoms with van der Waals surface area (Å²) in [5.41, 5.74) is 0.237. The van der Waals surface area contributed by atoms with Crippen LogP contribution in [-0.4, -0.2) is 48.8 Å². The molecule has 1 fully saturated rings. The maximum atomic E-state index is 5.76. The molecule has 3 heteroatoms. The molecule has 1 unspecified atom stereocenters. The molecule has 0 aromatic heterocycles. The maximum Gasteiger partial charge on any atom is 0.0832 e. The smallest absolute Gasteiger partial charge is 0.0832 e. The minimum absolute atomic E-state index is 0.237. The Hall–Kier alpha value is -0.120. The lowest BCUT2D eigenvalue weighted by atomic mass is 10.0. The van der Waals surface area contributed by atoms with Crippen molar-refractivity contribution in [2.45, 2.75) is 65.7 Å². The summed E-state index contributed by atoms with van der Waals surface area (Å²) in [5.74, 6) is 0.745. The molecule has 0 aromatic rings. The highest BCUT2D eigenvalue weighted by Gasteiger charge is 2.27. The largest absolute Gasteiger partial charge is 0.373 e. The van der Waals surface area contributed by atoms with Gasteiger partial charge in [0.25, 0.3) is 0 Å². The second-order valence-electron chi connectivity index (χ2n) is 7.09. The molecule has 0 saturated carbocycles. The van der Waals surface area contributed by atoms with Gasteiger partial charge in [-0.1, -0.05) is 6.92 Å². The lowest BCUT2D eigenvalue weighted by molar-refractivity contribution is -0.0813. The van der Waals surface area contributed by atoms with Crippen molar-refractivity contribution >= 4 is 0 Å². The summed E-state index contributed by atoms with van der Waals surface area (Å²) < 4.78 is 5.76. The quantitative estimate of drug-likeness (QED) is 0.757. The van der Waals surface area contributed by atoms with Gasteiger partial charge in [0.15, 0.2) is 0 Å². The molecule has 0 amide bonds. The van der Waals surface area contributed by atoms with Crippen LogP contribution in [0.1, 0.15) is 48.0 Å². The zero-order valence-electron chi connectivity index (χ0n) is 13.1. The first-order valence-electron chi connectivity index (χ1n) is 7.39. The molecule has 1 atom stereocenters. The van der Waals surface area contributed by atoms with Crippen molar-refractivity contribution in [3.8, 4) is 0 Å². The summed E-state index contributed by atoms with van der Waals surface area (Å²) in [6.45, 7) is 17.8. The number of likely N-dealkylation sites (tertiary alicyclic amines) is 1. The molecule has 108 valence electrons. The van der Waals surface area contributed by atoms with E-state index >= 15 is 0 Å². The second-order valence-corrected chi connectivity index (χ2v) is 7.09. The first kappa shape index (κ1) is 15.9. The molecular formula is C15H32N2O. The van der Waals surface area contributed by atoms with Crippen molar-refractivity contribution in [3.63, 3.8) is 0 Å². The topological polar surface area (TPSA) is 24.5 Å². The molecule has 0 radical (unpaired) electrons. The van der Waals surface area contributed by atoms with Gasteiger partial charge in [0.05, 0.1) is 12.2 Å². The van der Waals surface area contributed by atoms with Crippen molar-refractivity contribution in [2.75, 3.05) is 26.2 Å². The molecular weight excluding hydrogens is 224 g/mol. The SMILES string of the molecule is CC(CCN1CC(OC(C)C)C1)CNC(C)(C)C. The van der Waals surface area contributed by atoms with Gasteiger partial charge in [-0.2, -0.15) is 0 Å². The molecule has 1 rings (SSSR count). The van der Waals surface area contributed by atoms with Gasteiger partial charge in [0.2, 0.25) is 0 Å². The van der Waals surface area contributed by atoms with Crippen LogP contribution in [0, 0.1) is 5.92 Å². The molecule has 0 aliphatic carbocycles. The van der Waals surface area contributed by atoms with Gasteiger partial charge in [0, 0.05) is 18.6 Å². The van der Waals surface area contributed by atoms with E-state index in [2.05, 4.69) is 51.8 Å². The molecule has 3 nitrogen and oxygen atoms in total. The van der Waals surface area contributed by atoms with E-state index in [0.29, 0.717) is 12.2 Å². The Morgan fingerprint density at radius 3 is 2.33 bits per heavy atom. The molecule has 1 saturated heterocycles. The molecule has 1 aliphatic heterocycles. The summed E-state index contributed by atoms with van der Waals surface area (Å²) in [7, 11) is 0. The van der Waals surface area contributed by atoms with Crippen LogP contribution in [0.2, 0.25) is 0 Å². The van der Waals surface area contributed by atoms with Crippen LogP contribution >= 0.6 is 0 Å². The molecule has 0 bridgehead atoms. The number of hydrogen-bond donors (Lipinski definition) is 1. The zero-order chi connectivity index (χ0) is 13.8. The zero-order valence-corrected chi connectivity index (χ0v) is 13.1. The van der Waals surface area contributed by atoms with Crippen LogP contribution in [0.5, 0.6) is 0 Å². The van der Waals surface area contributed by atoms with Gasteiger partial charge in [-0.05, 0) is 60.0 Å². The fourth-order valence-electron chi connectivity index (χ4n) is 2.16. The standard InChI is InChI=1S/C15H32N2O/c1-12(2)18-14-10-17(11-14)8-7-13(3)9-16-15(4,5)6/h12-14,16H,7-11H2,1-6H3. The van der Waals surface area contributed by atoms with E-state index in [1.54, 1.807) is 0 Å². The third-order valence-corrected chi connectivity index (χ3v) is 3.31. The van der Waals surface area contributed by atoms with E-state index < -0.39 is 0 Å². The van der Waals surface area contributed by atoms with Crippen molar-refractivity contribution < 1.29 is 4.74 Å². The van der Waals surface area contributed by atoms with Crippen LogP contribution < -0.4 is 5.32 Å². The van der Waals surface area contributed by atoms with Crippen LogP contribution in [0.4, 0.5) is 0 Å². The number of hydrogen-bond acceptors (Lipinski definition) is 3. The van der Waals surface area contributed by atoms with Crippen molar-refractivity contribution in [1.29, 1.82) is 0 Å². The highest BCUT2D eigenvalue weighted by molar-refractivity contribution is 4.81. The molecule has 1 heterocycles. The van der Waals surface area contributed by atoms with Gasteiger partial charge in [0.1, 0.15) is 0 Å². The lowest BCUT2D eigenvalue weighted by Gasteiger charge is -2.40. The highest BCUT2D eigenvalue weighted by Crippen LogP contribution is 2.15. The Labute approximate surface area is 113 Å². The Balaban J connectivity index is 2.02. The fourth-order valence-corrected chi connectivity index (χ4v) is 2.16. The summed E-state index contributed by atoms with van der Waals surface area (Å²) >= 11 is 0. The molecule has 18 heavy (non-hydrogen) atoms. The van der Waals surface area contributed by atoms with Gasteiger partial charge < -0.3 is 10.1 Å². The van der Waals surface area contributed by atoms with Gasteiger partial charge in [-0.25, -0.2) is 0 Å². The van der Waals surface area contributed by atoms with Crippen molar-refractivity contribution in [3.05, 3.63) is 0 Å². The van der Waals surface area contributed by atoms with Gasteiger partial charge in [-0.3, -0.25) is 4.90 Å². The first-order valence-corrected chi connectivity index (χ1v) is 7.39. The van der Waals surface area contributed by atoms with Crippen LogP contribution in [-0.2, 0) is 4.74 Å². The third-order valence-electron chi connectivity index (χ3n) is 3.31. The van der Waals surface area contributed by atoms with E-state index in [4.69, 9.17) is 4.74 Å². The predicted molar refractivity (Wildman–Crippen MR) is 78.0 cm³/mol. The molecule has 0 aromatic carbocycles. The van der Waals surface area contributed by atoms with Crippen LogP contribution in [0.3, 0.4) is 0 Å². The first-order chi connectivity index (χ1) is 8.26. The van der Waals surface area contributed by atoms with Gasteiger partial charge in [-0.15, -0.1) is 0 Å². The number of ether oxygens (including phenoxy) is 1. The second kappa shape index (κ2) is 6.88. The third kappa shape index (κ3) is 6.72. The molecule has 1 N–H and O–H groups in total. The lowest BCUT2D eigenvalue weighted by Crippen LogP contribution is -2.53. The fraction of sp³-hybridized carbons (Fsp3) is 1.00. The van der Waals surface area contributed by atoms with E-state index in [1.807, 2.05) is 0 Å².